The molecule has 2 aromatic rings. The van der Waals surface area contributed by atoms with Gasteiger partial charge in [-0.05, 0) is 24.6 Å². The van der Waals surface area contributed by atoms with E-state index in [2.05, 4.69) is 12.1 Å². The first kappa shape index (κ1) is 14.6. The largest absolute Gasteiger partial charge is 0.496 e. The smallest absolute Gasteiger partial charge is 0.124 e. The Kier molecular flexibility index (Phi) is 5.59. The predicted octanol–water partition coefficient (Wildman–Crippen LogP) is 3.30. The van der Waals surface area contributed by atoms with Crippen LogP contribution in [0.3, 0.4) is 0 Å². The maximum atomic E-state index is 6.04. The number of nitrogens with two attached hydrogens (primary N) is 1. The van der Waals surface area contributed by atoms with Crippen LogP contribution in [0.15, 0.2) is 54.6 Å². The van der Waals surface area contributed by atoms with E-state index in [1.165, 1.54) is 0 Å². The summed E-state index contributed by atoms with van der Waals surface area (Å²) in [5.74, 6) is 0.854. The van der Waals surface area contributed by atoms with E-state index in [1.54, 1.807) is 7.11 Å². The van der Waals surface area contributed by atoms with Crippen LogP contribution in [-0.2, 0) is 11.3 Å². The van der Waals surface area contributed by atoms with E-state index in [-0.39, 0.29) is 6.10 Å². The molecule has 0 aromatic heterocycles. The number of ether oxygens (including phenoxy) is 2. The highest BCUT2D eigenvalue weighted by atomic mass is 16.5. The summed E-state index contributed by atoms with van der Waals surface area (Å²) in [6, 6.07) is 18.1. The molecule has 2 N–H and O–H groups in total. The molecule has 0 radical (unpaired) electrons. The van der Waals surface area contributed by atoms with Crippen molar-refractivity contribution in [2.24, 2.45) is 5.73 Å². The molecule has 3 nitrogen and oxygen atoms in total. The van der Waals surface area contributed by atoms with Crippen molar-refractivity contribution in [3.05, 3.63) is 65.7 Å². The molecule has 0 saturated carbocycles. The lowest BCUT2D eigenvalue weighted by molar-refractivity contribution is 0.0345. The van der Waals surface area contributed by atoms with Crippen molar-refractivity contribution in [2.75, 3.05) is 13.7 Å². The number of methoxy groups -OCH3 is 1. The Morgan fingerprint density at radius 2 is 1.70 bits per heavy atom. The third kappa shape index (κ3) is 3.83. The van der Waals surface area contributed by atoms with Crippen LogP contribution in [-0.4, -0.2) is 13.7 Å². The Labute approximate surface area is 120 Å². The first-order chi connectivity index (χ1) is 9.85. The van der Waals surface area contributed by atoms with Crippen LogP contribution in [0.5, 0.6) is 5.75 Å². The third-order valence-corrected chi connectivity index (χ3v) is 3.23. The molecular weight excluding hydrogens is 250 g/mol. The fourth-order valence-corrected chi connectivity index (χ4v) is 2.18. The quantitative estimate of drug-likeness (QED) is 0.840. The highest BCUT2D eigenvalue weighted by Crippen LogP contribution is 2.25. The summed E-state index contributed by atoms with van der Waals surface area (Å²) in [5.41, 5.74) is 7.90. The van der Waals surface area contributed by atoms with Crippen molar-refractivity contribution in [3.63, 3.8) is 0 Å². The molecule has 106 valence electrons. The fraction of sp³-hybridized carbons (Fsp3) is 0.294. The summed E-state index contributed by atoms with van der Waals surface area (Å²) in [4.78, 5) is 0. The molecule has 0 bridgehead atoms. The summed E-state index contributed by atoms with van der Waals surface area (Å²) in [7, 11) is 1.67. The van der Waals surface area contributed by atoms with E-state index in [1.807, 2.05) is 42.5 Å². The Bertz CT molecular complexity index is 513. The van der Waals surface area contributed by atoms with Gasteiger partial charge < -0.3 is 15.2 Å². The number of rotatable bonds is 7. The van der Waals surface area contributed by atoms with Crippen LogP contribution >= 0.6 is 0 Å². The molecular formula is C17H21NO2. The fourth-order valence-electron chi connectivity index (χ4n) is 2.18. The molecule has 1 unspecified atom stereocenters. The van der Waals surface area contributed by atoms with Crippen molar-refractivity contribution in [2.45, 2.75) is 19.1 Å². The van der Waals surface area contributed by atoms with Gasteiger partial charge in [0.05, 0.1) is 19.8 Å². The zero-order chi connectivity index (χ0) is 14.2. The SMILES string of the molecule is COc1ccccc1COC(CCN)c1ccccc1. The second-order valence-electron chi connectivity index (χ2n) is 4.60. The van der Waals surface area contributed by atoms with E-state index in [9.17, 15) is 0 Å². The summed E-state index contributed by atoms with van der Waals surface area (Å²) in [6.07, 6.45) is 0.824. The molecule has 0 saturated heterocycles. The normalized spacial score (nSPS) is 12.1. The second kappa shape index (κ2) is 7.68. The van der Waals surface area contributed by atoms with Gasteiger partial charge in [0.15, 0.2) is 0 Å². The minimum absolute atomic E-state index is 0.0195. The van der Waals surface area contributed by atoms with Gasteiger partial charge in [-0.25, -0.2) is 0 Å². The van der Waals surface area contributed by atoms with Gasteiger partial charge in [0.2, 0.25) is 0 Å². The zero-order valence-electron chi connectivity index (χ0n) is 11.8. The van der Waals surface area contributed by atoms with Gasteiger partial charge in [0.1, 0.15) is 5.75 Å². The Morgan fingerprint density at radius 1 is 1.00 bits per heavy atom. The molecule has 2 rings (SSSR count). The van der Waals surface area contributed by atoms with E-state index >= 15 is 0 Å². The summed E-state index contributed by atoms with van der Waals surface area (Å²) >= 11 is 0. The molecule has 0 aliphatic rings. The number of hydrogen-bond donors (Lipinski definition) is 1. The lowest BCUT2D eigenvalue weighted by atomic mass is 10.1. The van der Waals surface area contributed by atoms with Crippen molar-refractivity contribution < 1.29 is 9.47 Å². The minimum Gasteiger partial charge on any atom is -0.496 e. The van der Waals surface area contributed by atoms with Crippen molar-refractivity contribution in [1.82, 2.24) is 0 Å². The average molecular weight is 271 g/mol. The first-order valence-corrected chi connectivity index (χ1v) is 6.83. The second-order valence-corrected chi connectivity index (χ2v) is 4.60. The van der Waals surface area contributed by atoms with Crippen LogP contribution in [0.2, 0.25) is 0 Å². The third-order valence-electron chi connectivity index (χ3n) is 3.23. The molecule has 0 fully saturated rings. The standard InChI is InChI=1S/C17H21NO2/c1-19-16-10-6-5-9-15(16)13-20-17(11-12-18)14-7-3-2-4-8-14/h2-10,17H,11-13,18H2,1H3. The highest BCUT2D eigenvalue weighted by molar-refractivity contribution is 5.32. The highest BCUT2D eigenvalue weighted by Gasteiger charge is 2.12. The molecule has 2 aromatic carbocycles. The van der Waals surface area contributed by atoms with Gasteiger partial charge in [-0.3, -0.25) is 0 Å². The molecule has 0 heterocycles. The number of benzene rings is 2. The molecule has 0 amide bonds. The van der Waals surface area contributed by atoms with E-state index in [0.29, 0.717) is 13.2 Å². The molecule has 0 aliphatic heterocycles. The van der Waals surface area contributed by atoms with Gasteiger partial charge in [-0.2, -0.15) is 0 Å². The lowest BCUT2D eigenvalue weighted by Gasteiger charge is -2.18. The van der Waals surface area contributed by atoms with Crippen molar-refractivity contribution in [1.29, 1.82) is 0 Å². The molecule has 0 aliphatic carbocycles. The number of para-hydroxylation sites is 1. The molecule has 1 atom stereocenters. The number of hydrogen-bond acceptors (Lipinski definition) is 3. The van der Waals surface area contributed by atoms with Crippen LogP contribution in [0, 0.1) is 0 Å². The van der Waals surface area contributed by atoms with E-state index < -0.39 is 0 Å². The van der Waals surface area contributed by atoms with Crippen LogP contribution < -0.4 is 10.5 Å². The zero-order valence-corrected chi connectivity index (χ0v) is 11.8. The van der Waals surface area contributed by atoms with Crippen LogP contribution in [0.4, 0.5) is 0 Å². The van der Waals surface area contributed by atoms with Gasteiger partial charge in [0, 0.05) is 5.56 Å². The summed E-state index contributed by atoms with van der Waals surface area (Å²) in [5, 5.41) is 0. The minimum atomic E-state index is 0.0195. The van der Waals surface area contributed by atoms with Crippen LogP contribution in [0.25, 0.3) is 0 Å². The summed E-state index contributed by atoms with van der Waals surface area (Å²) in [6.45, 7) is 1.12. The maximum Gasteiger partial charge on any atom is 0.124 e. The molecule has 0 spiro atoms. The Hall–Kier alpha value is -1.84. The Balaban J connectivity index is 2.06. The van der Waals surface area contributed by atoms with Gasteiger partial charge >= 0.3 is 0 Å². The van der Waals surface area contributed by atoms with Crippen molar-refractivity contribution >= 4 is 0 Å². The van der Waals surface area contributed by atoms with E-state index in [0.717, 1.165) is 23.3 Å². The van der Waals surface area contributed by atoms with Crippen molar-refractivity contribution in [3.8, 4) is 5.75 Å². The Morgan fingerprint density at radius 3 is 2.40 bits per heavy atom. The monoisotopic (exact) mass is 271 g/mol. The molecule has 20 heavy (non-hydrogen) atoms. The lowest BCUT2D eigenvalue weighted by Crippen LogP contribution is -2.11. The topological polar surface area (TPSA) is 44.5 Å². The summed E-state index contributed by atoms with van der Waals surface area (Å²) < 4.78 is 11.4. The van der Waals surface area contributed by atoms with Crippen LogP contribution in [0.1, 0.15) is 23.7 Å². The van der Waals surface area contributed by atoms with Gasteiger partial charge in [0.25, 0.3) is 0 Å². The first-order valence-electron chi connectivity index (χ1n) is 6.83. The van der Waals surface area contributed by atoms with Gasteiger partial charge in [-0.1, -0.05) is 48.5 Å². The average Bonchev–Trinajstić information content (AvgIpc) is 2.52. The van der Waals surface area contributed by atoms with Gasteiger partial charge in [-0.15, -0.1) is 0 Å². The predicted molar refractivity (Wildman–Crippen MR) is 80.6 cm³/mol. The van der Waals surface area contributed by atoms with E-state index in [4.69, 9.17) is 15.2 Å². The maximum absolute atomic E-state index is 6.04. The molecule has 3 heteroatoms.